The average Bonchev–Trinajstić information content (AvgIpc) is 2.72. The molecule has 0 fully saturated rings. The van der Waals surface area contributed by atoms with Gasteiger partial charge < -0.3 is 15.2 Å². The normalized spacial score (nSPS) is 11.7. The van der Waals surface area contributed by atoms with Gasteiger partial charge in [0.25, 0.3) is 0 Å². The summed E-state index contributed by atoms with van der Waals surface area (Å²) >= 11 is 0. The Balaban J connectivity index is 3.85. The van der Waals surface area contributed by atoms with Crippen LogP contribution in [0.2, 0.25) is 0 Å². The molecule has 0 aromatic carbocycles. The van der Waals surface area contributed by atoms with Crippen LogP contribution in [0.25, 0.3) is 0 Å². The van der Waals surface area contributed by atoms with E-state index in [1.165, 1.54) is 38.5 Å². The summed E-state index contributed by atoms with van der Waals surface area (Å²) in [5.74, 6) is -3.10. The lowest BCUT2D eigenvalue weighted by Crippen LogP contribution is -2.36. The van der Waals surface area contributed by atoms with E-state index in [4.69, 9.17) is 10.5 Å². The van der Waals surface area contributed by atoms with E-state index in [1.807, 2.05) is 0 Å². The molecule has 0 bridgehead atoms. The summed E-state index contributed by atoms with van der Waals surface area (Å²) in [5.41, 5.74) is 5.61. The molecule has 0 spiro atoms. The molecule has 0 saturated heterocycles. The molecule has 0 amide bonds. The van der Waals surface area contributed by atoms with Crippen molar-refractivity contribution in [1.29, 1.82) is 0 Å². The number of carbonyl (C=O) groups excluding carboxylic acids is 4. The fourth-order valence-corrected chi connectivity index (χ4v) is 3.17. The van der Waals surface area contributed by atoms with E-state index in [0.29, 0.717) is 12.8 Å². The first-order valence-corrected chi connectivity index (χ1v) is 12.1. The van der Waals surface area contributed by atoms with Crippen molar-refractivity contribution in [1.82, 2.24) is 0 Å². The Hall–Kier alpha value is -1.76. The van der Waals surface area contributed by atoms with Gasteiger partial charge in [-0.25, -0.2) is 4.79 Å². The second kappa shape index (κ2) is 20.2. The molecule has 0 saturated carbocycles. The Labute approximate surface area is 187 Å². The van der Waals surface area contributed by atoms with E-state index < -0.39 is 36.3 Å². The maximum Gasteiger partial charge on any atom is 0.331 e. The van der Waals surface area contributed by atoms with Gasteiger partial charge in [0.2, 0.25) is 0 Å². The highest BCUT2D eigenvalue weighted by atomic mass is 16.6. The Morgan fingerprint density at radius 3 is 1.42 bits per heavy atom. The summed E-state index contributed by atoms with van der Waals surface area (Å²) in [4.78, 5) is 47.0. The molecular weight excluding hydrogens is 398 g/mol. The van der Waals surface area contributed by atoms with Crippen molar-refractivity contribution in [3.05, 3.63) is 0 Å². The van der Waals surface area contributed by atoms with Crippen LogP contribution in [-0.4, -0.2) is 29.9 Å². The van der Waals surface area contributed by atoms with Crippen molar-refractivity contribution in [2.45, 2.75) is 129 Å². The maximum atomic E-state index is 11.8. The van der Waals surface area contributed by atoms with Crippen LogP contribution in [-0.2, 0) is 28.7 Å². The van der Waals surface area contributed by atoms with Crippen molar-refractivity contribution in [2.75, 3.05) is 0 Å². The number of rotatable bonds is 19. The molecule has 0 heterocycles. The fraction of sp³-hybridized carbons (Fsp3) is 0.833. The fourth-order valence-electron chi connectivity index (χ4n) is 3.17. The number of hydrogen-bond acceptors (Lipinski definition) is 7. The third-order valence-electron chi connectivity index (χ3n) is 5.10. The van der Waals surface area contributed by atoms with E-state index in [2.05, 4.69) is 18.6 Å². The monoisotopic (exact) mass is 441 g/mol. The second-order valence-corrected chi connectivity index (χ2v) is 8.19. The molecule has 0 aliphatic rings. The lowest BCUT2D eigenvalue weighted by Gasteiger charge is -2.10. The van der Waals surface area contributed by atoms with Gasteiger partial charge in [-0.2, -0.15) is 0 Å². The van der Waals surface area contributed by atoms with E-state index in [0.717, 1.165) is 38.5 Å². The van der Waals surface area contributed by atoms with Gasteiger partial charge in [0.05, 0.1) is 6.42 Å². The highest BCUT2D eigenvalue weighted by molar-refractivity contribution is 5.92. The SMILES string of the molecule is CCCCCCCCCC(=O)OC(=O)C[C@H](N)C(=O)OC(=O)CCCCCCCCC. The van der Waals surface area contributed by atoms with E-state index >= 15 is 0 Å². The molecule has 0 unspecified atom stereocenters. The minimum absolute atomic E-state index is 0.146. The van der Waals surface area contributed by atoms with E-state index in [-0.39, 0.29) is 12.8 Å². The highest BCUT2D eigenvalue weighted by Crippen LogP contribution is 2.10. The van der Waals surface area contributed by atoms with Gasteiger partial charge in [-0.15, -0.1) is 0 Å². The summed E-state index contributed by atoms with van der Waals surface area (Å²) in [7, 11) is 0. The van der Waals surface area contributed by atoms with Crippen LogP contribution >= 0.6 is 0 Å². The van der Waals surface area contributed by atoms with Gasteiger partial charge in [-0.3, -0.25) is 14.4 Å². The molecule has 180 valence electrons. The lowest BCUT2D eigenvalue weighted by atomic mass is 10.1. The first-order chi connectivity index (χ1) is 14.9. The van der Waals surface area contributed by atoms with E-state index in [9.17, 15) is 19.2 Å². The van der Waals surface area contributed by atoms with Crippen LogP contribution in [0.5, 0.6) is 0 Å². The van der Waals surface area contributed by atoms with Crippen molar-refractivity contribution in [3.8, 4) is 0 Å². The number of unbranched alkanes of at least 4 members (excludes halogenated alkanes) is 12. The summed E-state index contributed by atoms with van der Waals surface area (Å²) in [5, 5.41) is 0. The van der Waals surface area contributed by atoms with Gasteiger partial charge in [0.15, 0.2) is 0 Å². The molecule has 7 heteroatoms. The minimum atomic E-state index is -1.32. The molecule has 0 rings (SSSR count). The number of ether oxygens (including phenoxy) is 2. The zero-order valence-electron chi connectivity index (χ0n) is 19.6. The van der Waals surface area contributed by atoms with Gasteiger partial charge in [0, 0.05) is 12.8 Å². The van der Waals surface area contributed by atoms with Crippen LogP contribution in [0.3, 0.4) is 0 Å². The summed E-state index contributed by atoms with van der Waals surface area (Å²) in [6.45, 7) is 4.32. The molecule has 0 aromatic rings. The summed E-state index contributed by atoms with van der Waals surface area (Å²) < 4.78 is 9.38. The van der Waals surface area contributed by atoms with Crippen molar-refractivity contribution in [3.63, 3.8) is 0 Å². The Kier molecular flexibility index (Phi) is 19.0. The highest BCUT2D eigenvalue weighted by Gasteiger charge is 2.23. The molecule has 0 aromatic heterocycles. The first kappa shape index (κ1) is 29.2. The Morgan fingerprint density at radius 2 is 0.968 bits per heavy atom. The quantitative estimate of drug-likeness (QED) is 0.168. The smallest absolute Gasteiger partial charge is 0.331 e. The van der Waals surface area contributed by atoms with Crippen LogP contribution in [0, 0.1) is 0 Å². The predicted molar refractivity (Wildman–Crippen MR) is 120 cm³/mol. The molecule has 0 radical (unpaired) electrons. The molecule has 7 nitrogen and oxygen atoms in total. The van der Waals surface area contributed by atoms with Crippen molar-refractivity contribution < 1.29 is 28.7 Å². The van der Waals surface area contributed by atoms with Gasteiger partial charge >= 0.3 is 23.9 Å². The van der Waals surface area contributed by atoms with Gasteiger partial charge in [0.1, 0.15) is 6.04 Å². The Bertz CT molecular complexity index is 520. The average molecular weight is 442 g/mol. The Morgan fingerprint density at radius 1 is 0.581 bits per heavy atom. The predicted octanol–water partition coefficient (Wildman–Crippen LogP) is 5.12. The summed E-state index contributed by atoms with van der Waals surface area (Å²) in [6.07, 6.45) is 14.6. The van der Waals surface area contributed by atoms with Crippen LogP contribution in [0.15, 0.2) is 0 Å². The standard InChI is InChI=1S/C24H43NO6/c1-3-5-7-9-11-13-15-17-21(26)30-23(28)19-20(25)24(29)31-22(27)18-16-14-12-10-8-6-4-2/h20H,3-19,25H2,1-2H3/t20-/m0/s1. The van der Waals surface area contributed by atoms with Crippen molar-refractivity contribution >= 4 is 23.9 Å². The first-order valence-electron chi connectivity index (χ1n) is 12.1. The number of carbonyl (C=O) groups is 4. The largest absolute Gasteiger partial charge is 0.393 e. The zero-order chi connectivity index (χ0) is 23.3. The van der Waals surface area contributed by atoms with Crippen LogP contribution < -0.4 is 5.73 Å². The lowest BCUT2D eigenvalue weighted by molar-refractivity contribution is -0.166. The van der Waals surface area contributed by atoms with Gasteiger partial charge in [-0.05, 0) is 12.8 Å². The number of hydrogen-bond donors (Lipinski definition) is 1. The number of nitrogens with two attached hydrogens (primary N) is 1. The topological polar surface area (TPSA) is 113 Å². The van der Waals surface area contributed by atoms with Gasteiger partial charge in [-0.1, -0.05) is 90.9 Å². The molecule has 31 heavy (non-hydrogen) atoms. The summed E-state index contributed by atoms with van der Waals surface area (Å²) in [6, 6.07) is -1.32. The molecule has 0 aliphatic carbocycles. The third kappa shape index (κ3) is 18.7. The molecule has 1 atom stereocenters. The molecular formula is C24H43NO6. The minimum Gasteiger partial charge on any atom is -0.393 e. The zero-order valence-corrected chi connectivity index (χ0v) is 19.6. The van der Waals surface area contributed by atoms with Crippen LogP contribution in [0.1, 0.15) is 123 Å². The third-order valence-corrected chi connectivity index (χ3v) is 5.10. The molecule has 2 N–H and O–H groups in total. The van der Waals surface area contributed by atoms with Crippen LogP contribution in [0.4, 0.5) is 0 Å². The number of esters is 4. The molecule has 0 aliphatic heterocycles. The maximum absolute atomic E-state index is 11.8. The van der Waals surface area contributed by atoms with Crippen molar-refractivity contribution in [2.24, 2.45) is 5.73 Å². The second-order valence-electron chi connectivity index (χ2n) is 8.19. The van der Waals surface area contributed by atoms with E-state index in [1.54, 1.807) is 0 Å².